The van der Waals surface area contributed by atoms with Crippen LogP contribution in [-0.4, -0.2) is 19.4 Å². The molecular formula is C11H10N4O4. The van der Waals surface area contributed by atoms with Crippen molar-refractivity contribution in [2.75, 3.05) is 0 Å². The number of benzene rings is 1. The zero-order valence-electron chi connectivity index (χ0n) is 10.0. The third-order valence-electron chi connectivity index (χ3n) is 2.74. The van der Waals surface area contributed by atoms with Crippen molar-refractivity contribution in [2.24, 2.45) is 0 Å². The highest BCUT2D eigenvalue weighted by Gasteiger charge is 2.19. The summed E-state index contributed by atoms with van der Waals surface area (Å²) in [6, 6.07) is 3.63. The first-order valence-corrected chi connectivity index (χ1v) is 5.38. The van der Waals surface area contributed by atoms with E-state index in [1.165, 1.54) is 12.1 Å². The first-order chi connectivity index (χ1) is 8.99. The van der Waals surface area contributed by atoms with Gasteiger partial charge in [0, 0.05) is 18.5 Å². The molecule has 0 saturated heterocycles. The standard InChI is InChI=1S/C11H10N4O4/c1-8-12-4-5-13(8)7-9-2-3-10(14(16)17)6-11(9)15(18)19/h2-6H,7H2,1H3. The van der Waals surface area contributed by atoms with Crippen LogP contribution in [0, 0.1) is 27.2 Å². The van der Waals surface area contributed by atoms with Gasteiger partial charge in [-0.15, -0.1) is 0 Å². The molecule has 0 aliphatic heterocycles. The van der Waals surface area contributed by atoms with Crippen molar-refractivity contribution in [1.29, 1.82) is 0 Å². The van der Waals surface area contributed by atoms with Crippen LogP contribution in [0.2, 0.25) is 0 Å². The summed E-state index contributed by atoms with van der Waals surface area (Å²) in [6.07, 6.45) is 3.28. The predicted molar refractivity (Wildman–Crippen MR) is 65.8 cm³/mol. The van der Waals surface area contributed by atoms with Gasteiger partial charge in [0.05, 0.1) is 28.0 Å². The molecule has 1 aromatic heterocycles. The fourth-order valence-electron chi connectivity index (χ4n) is 1.72. The average molecular weight is 262 g/mol. The van der Waals surface area contributed by atoms with Crippen molar-refractivity contribution in [3.63, 3.8) is 0 Å². The monoisotopic (exact) mass is 262 g/mol. The normalized spacial score (nSPS) is 10.4. The fourth-order valence-corrected chi connectivity index (χ4v) is 1.72. The lowest BCUT2D eigenvalue weighted by atomic mass is 10.1. The van der Waals surface area contributed by atoms with Crippen molar-refractivity contribution < 1.29 is 9.85 Å². The van der Waals surface area contributed by atoms with E-state index in [1.54, 1.807) is 23.9 Å². The Bertz CT molecular complexity index is 650. The Hall–Kier alpha value is -2.77. The van der Waals surface area contributed by atoms with E-state index < -0.39 is 9.85 Å². The Labute approximate surface area is 107 Å². The minimum atomic E-state index is -0.654. The number of hydrogen-bond acceptors (Lipinski definition) is 5. The molecule has 2 rings (SSSR count). The lowest BCUT2D eigenvalue weighted by Gasteiger charge is -2.05. The van der Waals surface area contributed by atoms with Crippen molar-refractivity contribution in [3.05, 3.63) is 62.2 Å². The summed E-state index contributed by atoms with van der Waals surface area (Å²) in [4.78, 5) is 24.3. The Morgan fingerprint density at radius 1 is 1.26 bits per heavy atom. The van der Waals surface area contributed by atoms with Crippen molar-refractivity contribution in [2.45, 2.75) is 13.5 Å². The zero-order chi connectivity index (χ0) is 14.0. The van der Waals surface area contributed by atoms with E-state index in [0.717, 1.165) is 6.07 Å². The number of nitrogens with zero attached hydrogens (tertiary/aromatic N) is 4. The van der Waals surface area contributed by atoms with E-state index in [4.69, 9.17) is 0 Å². The van der Waals surface area contributed by atoms with Gasteiger partial charge in [-0.05, 0) is 13.0 Å². The molecular weight excluding hydrogens is 252 g/mol. The van der Waals surface area contributed by atoms with Crippen LogP contribution in [0.4, 0.5) is 11.4 Å². The first kappa shape index (κ1) is 12.7. The Morgan fingerprint density at radius 3 is 2.53 bits per heavy atom. The summed E-state index contributed by atoms with van der Waals surface area (Å²) in [5, 5.41) is 21.6. The molecule has 0 radical (unpaired) electrons. The van der Waals surface area contributed by atoms with Gasteiger partial charge in [0.2, 0.25) is 0 Å². The molecule has 0 saturated carbocycles. The molecule has 98 valence electrons. The Kier molecular flexibility index (Phi) is 3.23. The summed E-state index contributed by atoms with van der Waals surface area (Å²) in [5.74, 6) is 0.715. The van der Waals surface area contributed by atoms with Crippen molar-refractivity contribution in [3.8, 4) is 0 Å². The van der Waals surface area contributed by atoms with Crippen LogP contribution in [0.1, 0.15) is 11.4 Å². The van der Waals surface area contributed by atoms with E-state index in [9.17, 15) is 20.2 Å². The molecule has 8 heteroatoms. The molecule has 0 aliphatic rings. The number of hydrogen-bond donors (Lipinski definition) is 0. The second kappa shape index (κ2) is 4.84. The predicted octanol–water partition coefficient (Wildman–Crippen LogP) is 2.06. The fraction of sp³-hybridized carbons (Fsp3) is 0.182. The smallest absolute Gasteiger partial charge is 0.281 e. The molecule has 0 amide bonds. The molecule has 1 heterocycles. The van der Waals surface area contributed by atoms with E-state index >= 15 is 0 Å². The summed E-state index contributed by atoms with van der Waals surface area (Å²) in [6.45, 7) is 2.03. The van der Waals surface area contributed by atoms with Gasteiger partial charge in [0.1, 0.15) is 5.82 Å². The topological polar surface area (TPSA) is 104 Å². The minimum Gasteiger partial charge on any atom is -0.330 e. The van der Waals surface area contributed by atoms with Crippen LogP contribution >= 0.6 is 0 Å². The molecule has 2 aromatic rings. The van der Waals surface area contributed by atoms with E-state index in [0.29, 0.717) is 11.4 Å². The molecule has 0 atom stereocenters. The first-order valence-electron chi connectivity index (χ1n) is 5.38. The highest BCUT2D eigenvalue weighted by Crippen LogP contribution is 2.25. The molecule has 8 nitrogen and oxygen atoms in total. The van der Waals surface area contributed by atoms with Crippen LogP contribution in [0.15, 0.2) is 30.6 Å². The zero-order valence-corrected chi connectivity index (χ0v) is 10.0. The van der Waals surface area contributed by atoms with Crippen LogP contribution in [0.25, 0.3) is 0 Å². The quantitative estimate of drug-likeness (QED) is 0.619. The number of nitro benzene ring substituents is 2. The van der Waals surface area contributed by atoms with Crippen molar-refractivity contribution in [1.82, 2.24) is 9.55 Å². The van der Waals surface area contributed by atoms with E-state index in [-0.39, 0.29) is 17.9 Å². The summed E-state index contributed by atoms with van der Waals surface area (Å²) in [5.41, 5.74) is -0.156. The molecule has 0 aliphatic carbocycles. The van der Waals surface area contributed by atoms with Gasteiger partial charge in [-0.25, -0.2) is 4.98 Å². The Morgan fingerprint density at radius 2 is 2.00 bits per heavy atom. The number of imidazole rings is 1. The van der Waals surface area contributed by atoms with Gasteiger partial charge in [-0.2, -0.15) is 0 Å². The molecule has 0 spiro atoms. The van der Waals surface area contributed by atoms with Gasteiger partial charge in [-0.3, -0.25) is 20.2 Å². The number of aryl methyl sites for hydroxylation is 1. The van der Waals surface area contributed by atoms with Gasteiger partial charge in [0.25, 0.3) is 11.4 Å². The minimum absolute atomic E-state index is 0.250. The number of aromatic nitrogens is 2. The van der Waals surface area contributed by atoms with Gasteiger partial charge in [0.15, 0.2) is 0 Å². The van der Waals surface area contributed by atoms with Crippen LogP contribution in [0.3, 0.4) is 0 Å². The molecule has 0 bridgehead atoms. The van der Waals surface area contributed by atoms with Crippen LogP contribution in [0.5, 0.6) is 0 Å². The van der Waals surface area contributed by atoms with Gasteiger partial charge in [-0.1, -0.05) is 0 Å². The van der Waals surface area contributed by atoms with Gasteiger partial charge < -0.3 is 4.57 Å². The number of non-ortho nitro benzene ring substituents is 1. The lowest BCUT2D eigenvalue weighted by Crippen LogP contribution is -2.04. The maximum absolute atomic E-state index is 11.0. The molecule has 1 aromatic carbocycles. The summed E-state index contributed by atoms with van der Waals surface area (Å²) < 4.78 is 1.73. The molecule has 19 heavy (non-hydrogen) atoms. The van der Waals surface area contributed by atoms with E-state index in [1.807, 2.05) is 0 Å². The second-order valence-corrected chi connectivity index (χ2v) is 3.93. The highest BCUT2D eigenvalue weighted by molar-refractivity contribution is 5.49. The maximum atomic E-state index is 11.0. The Balaban J connectivity index is 2.43. The average Bonchev–Trinajstić information content (AvgIpc) is 2.75. The molecule has 0 fully saturated rings. The van der Waals surface area contributed by atoms with E-state index in [2.05, 4.69) is 4.98 Å². The number of rotatable bonds is 4. The largest absolute Gasteiger partial charge is 0.330 e. The van der Waals surface area contributed by atoms with Crippen molar-refractivity contribution >= 4 is 11.4 Å². The molecule has 0 N–H and O–H groups in total. The highest BCUT2D eigenvalue weighted by atomic mass is 16.6. The SMILES string of the molecule is Cc1nccn1Cc1ccc([N+](=O)[O-])cc1[N+](=O)[O-]. The number of nitro groups is 2. The second-order valence-electron chi connectivity index (χ2n) is 3.93. The van der Waals surface area contributed by atoms with Gasteiger partial charge >= 0.3 is 0 Å². The maximum Gasteiger partial charge on any atom is 0.281 e. The third-order valence-corrected chi connectivity index (χ3v) is 2.74. The van der Waals surface area contributed by atoms with Crippen LogP contribution < -0.4 is 0 Å². The van der Waals surface area contributed by atoms with Crippen LogP contribution in [-0.2, 0) is 6.54 Å². The third kappa shape index (κ3) is 2.57. The summed E-state index contributed by atoms with van der Waals surface area (Å²) >= 11 is 0. The lowest BCUT2D eigenvalue weighted by molar-refractivity contribution is -0.394. The molecule has 0 unspecified atom stereocenters. The summed E-state index contributed by atoms with van der Waals surface area (Å²) in [7, 11) is 0.